The van der Waals surface area contributed by atoms with Crippen LogP contribution < -0.4 is 0 Å². The van der Waals surface area contributed by atoms with E-state index >= 15 is 0 Å². The Labute approximate surface area is 243 Å². The van der Waals surface area contributed by atoms with Gasteiger partial charge in [0.1, 0.15) is 6.10 Å². The van der Waals surface area contributed by atoms with Gasteiger partial charge in [0.05, 0.1) is 11.5 Å². The molecule has 4 aliphatic rings. The summed E-state index contributed by atoms with van der Waals surface area (Å²) >= 11 is 0. The average Bonchev–Trinajstić information content (AvgIpc) is 3.27. The minimum Gasteiger partial charge on any atom is -0.462 e. The topological polar surface area (TPSA) is 82.1 Å². The summed E-state index contributed by atoms with van der Waals surface area (Å²) in [5.41, 5.74) is -0.307. The fourth-order valence-corrected chi connectivity index (χ4v) is 9.77. The average molecular weight is 563 g/mol. The van der Waals surface area contributed by atoms with Crippen LogP contribution in [0.1, 0.15) is 126 Å². The van der Waals surface area contributed by atoms with E-state index in [4.69, 9.17) is 14.2 Å². The molecule has 0 bridgehead atoms. The lowest BCUT2D eigenvalue weighted by Crippen LogP contribution is -2.59. The molecule has 4 saturated carbocycles. The van der Waals surface area contributed by atoms with Gasteiger partial charge in [-0.1, -0.05) is 27.7 Å². The molecule has 0 aromatic heterocycles. The highest BCUT2D eigenvalue weighted by Gasteiger charge is 2.64. The Bertz CT molecular complexity index is 901. The third kappa shape index (κ3) is 5.87. The standard InChI is InChI=1S/C34H58O6/c1-9-32(5,6)31(37)40-24-17-18-33(7)23(19-24)12-13-25-27-15-14-26(34(27,8)29(35)20-28(25)33)21(3)11-16-30(36)39-22(4)38-10-2/h21-29,35H,9-20H2,1-8H3. The Morgan fingerprint density at radius 2 is 1.73 bits per heavy atom. The SMILES string of the molecule is CCOC(C)OC(=O)CCC(C)C1CCC2C3CCC4CC(OC(=O)C(C)(C)CC)CCC4(C)C3CC(O)C12C. The van der Waals surface area contributed by atoms with Crippen LogP contribution in [0.15, 0.2) is 0 Å². The Kier molecular flexibility index (Phi) is 9.72. The van der Waals surface area contributed by atoms with E-state index in [2.05, 4.69) is 27.7 Å². The number of carbonyl (C=O) groups is 2. The minimum atomic E-state index is -0.500. The summed E-state index contributed by atoms with van der Waals surface area (Å²) in [6.07, 6.45) is 9.84. The Balaban J connectivity index is 1.40. The molecule has 0 aliphatic heterocycles. The van der Waals surface area contributed by atoms with Crippen molar-refractivity contribution in [2.45, 2.75) is 145 Å². The molecule has 6 heteroatoms. The number of fused-ring (bicyclic) bond motifs is 5. The van der Waals surface area contributed by atoms with E-state index in [1.807, 2.05) is 20.8 Å². The second-order valence-corrected chi connectivity index (χ2v) is 15.0. The number of rotatable bonds is 10. The summed E-state index contributed by atoms with van der Waals surface area (Å²) in [4.78, 5) is 25.2. The van der Waals surface area contributed by atoms with Gasteiger partial charge in [0, 0.05) is 13.0 Å². The number of esters is 2. The zero-order valence-electron chi connectivity index (χ0n) is 26.7. The molecule has 1 N–H and O–H groups in total. The lowest BCUT2D eigenvalue weighted by atomic mass is 9.43. The largest absolute Gasteiger partial charge is 0.462 e. The van der Waals surface area contributed by atoms with Crippen molar-refractivity contribution in [2.75, 3.05) is 6.61 Å². The fourth-order valence-electron chi connectivity index (χ4n) is 9.77. The molecular formula is C34H58O6. The van der Waals surface area contributed by atoms with E-state index < -0.39 is 11.7 Å². The molecule has 40 heavy (non-hydrogen) atoms. The molecule has 11 atom stereocenters. The van der Waals surface area contributed by atoms with Gasteiger partial charge in [-0.15, -0.1) is 0 Å². The van der Waals surface area contributed by atoms with Gasteiger partial charge in [-0.25, -0.2) is 0 Å². The predicted octanol–water partition coefficient (Wildman–Crippen LogP) is 7.31. The van der Waals surface area contributed by atoms with Crippen molar-refractivity contribution in [3.05, 3.63) is 0 Å². The zero-order chi connectivity index (χ0) is 29.5. The van der Waals surface area contributed by atoms with Gasteiger partial charge >= 0.3 is 11.9 Å². The number of ether oxygens (including phenoxy) is 3. The van der Waals surface area contributed by atoms with Crippen LogP contribution in [0.25, 0.3) is 0 Å². The van der Waals surface area contributed by atoms with Crippen molar-refractivity contribution in [1.82, 2.24) is 0 Å². The first-order valence-corrected chi connectivity index (χ1v) is 16.5. The molecule has 11 unspecified atom stereocenters. The molecule has 0 saturated heterocycles. The van der Waals surface area contributed by atoms with Gasteiger partial charge in [0.25, 0.3) is 0 Å². The minimum absolute atomic E-state index is 0.0339. The summed E-state index contributed by atoms with van der Waals surface area (Å²) in [6, 6.07) is 0. The summed E-state index contributed by atoms with van der Waals surface area (Å²) in [7, 11) is 0. The van der Waals surface area contributed by atoms with Crippen LogP contribution >= 0.6 is 0 Å². The normalized spacial score (nSPS) is 40.8. The summed E-state index contributed by atoms with van der Waals surface area (Å²) in [6.45, 7) is 17.3. The molecule has 0 spiro atoms. The van der Waals surface area contributed by atoms with Crippen molar-refractivity contribution >= 4 is 11.9 Å². The maximum atomic E-state index is 12.8. The monoisotopic (exact) mass is 562 g/mol. The molecule has 0 aromatic rings. The van der Waals surface area contributed by atoms with Gasteiger partial charge in [0.15, 0.2) is 6.29 Å². The lowest BCUT2D eigenvalue weighted by Gasteiger charge is -2.62. The van der Waals surface area contributed by atoms with E-state index in [1.165, 1.54) is 19.3 Å². The highest BCUT2D eigenvalue weighted by atomic mass is 16.7. The van der Waals surface area contributed by atoms with Crippen LogP contribution in [0, 0.1) is 51.8 Å². The van der Waals surface area contributed by atoms with E-state index in [9.17, 15) is 14.7 Å². The van der Waals surface area contributed by atoms with Gasteiger partial charge in [-0.05, 0) is 138 Å². The number of carbonyl (C=O) groups excluding carboxylic acids is 2. The van der Waals surface area contributed by atoms with Crippen molar-refractivity contribution in [1.29, 1.82) is 0 Å². The number of aliphatic hydroxyl groups excluding tert-OH is 1. The van der Waals surface area contributed by atoms with E-state index in [0.717, 1.165) is 44.9 Å². The summed E-state index contributed by atoms with van der Waals surface area (Å²) < 4.78 is 16.8. The molecular weight excluding hydrogens is 504 g/mol. The Morgan fingerprint density at radius 1 is 1.00 bits per heavy atom. The number of aliphatic hydroxyl groups is 1. The number of hydrogen-bond donors (Lipinski definition) is 1. The predicted molar refractivity (Wildman–Crippen MR) is 156 cm³/mol. The first kappa shape index (κ1) is 31.8. The maximum Gasteiger partial charge on any atom is 0.311 e. The second kappa shape index (κ2) is 12.2. The van der Waals surface area contributed by atoms with E-state index in [-0.39, 0.29) is 35.0 Å². The van der Waals surface area contributed by atoms with Crippen molar-refractivity contribution in [3.8, 4) is 0 Å². The van der Waals surface area contributed by atoms with E-state index in [0.29, 0.717) is 48.5 Å². The lowest BCUT2D eigenvalue weighted by molar-refractivity contribution is -0.185. The molecule has 0 aromatic carbocycles. The first-order chi connectivity index (χ1) is 18.8. The van der Waals surface area contributed by atoms with Crippen LogP contribution in [0.4, 0.5) is 0 Å². The van der Waals surface area contributed by atoms with Crippen LogP contribution in [0.5, 0.6) is 0 Å². The van der Waals surface area contributed by atoms with Gasteiger partial charge in [-0.2, -0.15) is 0 Å². The Hall–Kier alpha value is -1.14. The van der Waals surface area contributed by atoms with Crippen molar-refractivity contribution in [2.24, 2.45) is 51.8 Å². The van der Waals surface area contributed by atoms with Crippen LogP contribution in [0.3, 0.4) is 0 Å². The van der Waals surface area contributed by atoms with Gasteiger partial charge in [-0.3, -0.25) is 9.59 Å². The third-order valence-electron chi connectivity index (χ3n) is 12.7. The summed E-state index contributed by atoms with van der Waals surface area (Å²) in [5.74, 6) is 2.83. The molecule has 0 amide bonds. The molecule has 4 aliphatic carbocycles. The zero-order valence-corrected chi connectivity index (χ0v) is 26.7. The smallest absolute Gasteiger partial charge is 0.311 e. The quantitative estimate of drug-likeness (QED) is 0.222. The molecule has 0 radical (unpaired) electrons. The highest BCUT2D eigenvalue weighted by molar-refractivity contribution is 5.76. The van der Waals surface area contributed by atoms with Crippen LogP contribution in [-0.4, -0.2) is 42.1 Å². The molecule has 230 valence electrons. The van der Waals surface area contributed by atoms with Crippen LogP contribution in [-0.2, 0) is 23.8 Å². The molecule has 4 rings (SSSR count). The van der Waals surface area contributed by atoms with Crippen molar-refractivity contribution < 1.29 is 28.9 Å². The highest BCUT2D eigenvalue weighted by Crippen LogP contribution is 2.68. The molecule has 4 fully saturated rings. The van der Waals surface area contributed by atoms with Crippen molar-refractivity contribution in [3.63, 3.8) is 0 Å². The summed E-state index contributed by atoms with van der Waals surface area (Å²) in [5, 5.41) is 11.9. The first-order valence-electron chi connectivity index (χ1n) is 16.5. The van der Waals surface area contributed by atoms with Crippen LogP contribution in [0.2, 0.25) is 0 Å². The third-order valence-corrected chi connectivity index (χ3v) is 12.7. The second-order valence-electron chi connectivity index (χ2n) is 15.0. The van der Waals surface area contributed by atoms with Gasteiger partial charge < -0.3 is 19.3 Å². The van der Waals surface area contributed by atoms with E-state index in [1.54, 1.807) is 6.92 Å². The number of hydrogen-bond acceptors (Lipinski definition) is 6. The maximum absolute atomic E-state index is 12.8. The fraction of sp³-hybridized carbons (Fsp3) is 0.941. The molecule has 6 nitrogen and oxygen atoms in total. The molecule has 0 heterocycles. The van der Waals surface area contributed by atoms with Gasteiger partial charge in [0.2, 0.25) is 0 Å². The Morgan fingerprint density at radius 3 is 2.40 bits per heavy atom.